The lowest BCUT2D eigenvalue weighted by atomic mass is 10.0. The SMILES string of the molecule is C=C.C=CC(C)CCN=C(c1cnn(-c2ccc(C)cc2F)c1N(C)NC)N1CNc2cccc(n2)-c2cc(C)cc3nc(C)n(c23)CC(CC)CN(C)CC1CC. The normalized spacial score (nSPS) is 17.1. The third-order valence-corrected chi connectivity index (χ3v) is 11.1. The minimum atomic E-state index is -0.340. The summed E-state index contributed by atoms with van der Waals surface area (Å²) in [6, 6.07) is 15.9. The summed E-state index contributed by atoms with van der Waals surface area (Å²) in [5.74, 6) is 3.60. The highest BCUT2D eigenvalue weighted by Gasteiger charge is 2.30. The molecular weight excluding hydrogens is 726 g/mol. The molecule has 0 saturated heterocycles. The van der Waals surface area contributed by atoms with Crippen molar-refractivity contribution in [3.8, 4) is 16.9 Å². The Balaban J connectivity index is 0.00000315. The number of aryl methyl sites for hydroxylation is 3. The van der Waals surface area contributed by atoms with Crippen LogP contribution in [0.15, 0.2) is 85.5 Å². The van der Waals surface area contributed by atoms with Gasteiger partial charge in [-0.2, -0.15) is 5.10 Å². The Morgan fingerprint density at radius 2 is 1.83 bits per heavy atom. The van der Waals surface area contributed by atoms with E-state index in [9.17, 15) is 0 Å². The number of imidazole rings is 1. The zero-order valence-electron chi connectivity index (χ0n) is 36.2. The van der Waals surface area contributed by atoms with Crippen molar-refractivity contribution >= 4 is 28.5 Å². The van der Waals surface area contributed by atoms with Gasteiger partial charge < -0.3 is 19.7 Å². The molecule has 3 unspecified atom stereocenters. The first kappa shape index (κ1) is 43.8. The molecule has 4 heterocycles. The summed E-state index contributed by atoms with van der Waals surface area (Å²) in [5.41, 5.74) is 10.5. The number of fused-ring (bicyclic) bond motifs is 3. The Hall–Kier alpha value is -5.33. The summed E-state index contributed by atoms with van der Waals surface area (Å²) in [6.45, 7) is 26.4. The van der Waals surface area contributed by atoms with Crippen molar-refractivity contribution in [3.63, 3.8) is 0 Å². The Morgan fingerprint density at radius 3 is 2.52 bits per heavy atom. The smallest absolute Gasteiger partial charge is 0.157 e. The van der Waals surface area contributed by atoms with Crippen molar-refractivity contribution in [2.75, 3.05) is 57.8 Å². The molecule has 0 fully saturated rings. The highest BCUT2D eigenvalue weighted by molar-refractivity contribution is 6.03. The predicted molar refractivity (Wildman–Crippen MR) is 240 cm³/mol. The minimum Gasteiger partial charge on any atom is -0.353 e. The number of halogens is 1. The molecule has 11 nitrogen and oxygen atoms in total. The van der Waals surface area contributed by atoms with Gasteiger partial charge in [-0.05, 0) is 100 Å². The fraction of sp³-hybridized carbons (Fsp3) is 0.435. The number of amidine groups is 1. The third kappa shape index (κ3) is 9.67. The highest BCUT2D eigenvalue weighted by atomic mass is 19.1. The van der Waals surface area contributed by atoms with E-state index in [4.69, 9.17) is 20.1 Å². The van der Waals surface area contributed by atoms with Gasteiger partial charge in [-0.25, -0.2) is 24.5 Å². The van der Waals surface area contributed by atoms with Crippen LogP contribution in [0.3, 0.4) is 0 Å². The van der Waals surface area contributed by atoms with Crippen LogP contribution in [0.25, 0.3) is 28.0 Å². The number of rotatable bonds is 10. The van der Waals surface area contributed by atoms with Crippen molar-refractivity contribution in [1.82, 2.24) is 39.5 Å². The van der Waals surface area contributed by atoms with Gasteiger partial charge in [-0.1, -0.05) is 45.4 Å². The van der Waals surface area contributed by atoms with Crippen molar-refractivity contribution in [3.05, 3.63) is 109 Å². The summed E-state index contributed by atoms with van der Waals surface area (Å²) < 4.78 is 19.7. The Labute approximate surface area is 345 Å². The summed E-state index contributed by atoms with van der Waals surface area (Å²) in [5, 5.41) is 10.4. The molecule has 5 aromatic rings. The molecule has 0 saturated carbocycles. The first-order chi connectivity index (χ1) is 28.0. The van der Waals surface area contributed by atoms with E-state index in [1.54, 1.807) is 16.8 Å². The molecule has 1 aliphatic heterocycles. The molecule has 1 aliphatic rings. The van der Waals surface area contributed by atoms with Crippen LogP contribution in [0.2, 0.25) is 0 Å². The largest absolute Gasteiger partial charge is 0.353 e. The Kier molecular flexibility index (Phi) is 15.0. The maximum Gasteiger partial charge on any atom is 0.157 e. The van der Waals surface area contributed by atoms with E-state index in [0.717, 1.165) is 95.4 Å². The molecular formula is C46H64FN11. The third-order valence-electron chi connectivity index (χ3n) is 11.1. The highest BCUT2D eigenvalue weighted by Crippen LogP contribution is 2.33. The van der Waals surface area contributed by atoms with E-state index in [1.807, 2.05) is 50.4 Å². The topological polar surface area (TPSA) is 94.7 Å². The lowest BCUT2D eigenvalue weighted by molar-refractivity contribution is 0.190. The summed E-state index contributed by atoms with van der Waals surface area (Å²) in [7, 11) is 6.00. The molecule has 12 heteroatoms. The molecule has 58 heavy (non-hydrogen) atoms. The number of benzene rings is 2. The van der Waals surface area contributed by atoms with Crippen LogP contribution in [0.1, 0.15) is 62.5 Å². The zero-order valence-corrected chi connectivity index (χ0v) is 36.2. The van der Waals surface area contributed by atoms with E-state index in [-0.39, 0.29) is 11.9 Å². The maximum atomic E-state index is 15.7. The second-order valence-corrected chi connectivity index (χ2v) is 15.5. The summed E-state index contributed by atoms with van der Waals surface area (Å²) in [6.07, 6.45) is 6.53. The van der Waals surface area contributed by atoms with Gasteiger partial charge in [0, 0.05) is 51.9 Å². The van der Waals surface area contributed by atoms with E-state index >= 15 is 4.39 Å². The van der Waals surface area contributed by atoms with Crippen molar-refractivity contribution in [2.45, 2.75) is 73.4 Å². The number of anilines is 2. The van der Waals surface area contributed by atoms with Gasteiger partial charge in [0.05, 0.1) is 35.2 Å². The molecule has 2 bridgehead atoms. The number of hydrogen-bond acceptors (Lipinski definition) is 8. The molecule has 6 rings (SSSR count). The molecule has 0 amide bonds. The number of nitrogens with one attached hydrogen (secondary N) is 2. The predicted octanol–water partition coefficient (Wildman–Crippen LogP) is 8.80. The van der Waals surface area contributed by atoms with Crippen molar-refractivity contribution in [2.24, 2.45) is 16.8 Å². The minimum absolute atomic E-state index is 0.0580. The zero-order chi connectivity index (χ0) is 42.1. The van der Waals surface area contributed by atoms with Crippen molar-refractivity contribution in [1.29, 1.82) is 0 Å². The average molecular weight is 790 g/mol. The van der Waals surface area contributed by atoms with Crippen LogP contribution in [-0.2, 0) is 6.54 Å². The Morgan fingerprint density at radius 1 is 1.05 bits per heavy atom. The number of likely N-dealkylation sites (N-methyl/N-ethyl adjacent to an activating group) is 1. The van der Waals surface area contributed by atoms with Gasteiger partial charge in [-0.3, -0.25) is 10.0 Å². The number of hydrogen-bond donors (Lipinski definition) is 2. The first-order valence-corrected chi connectivity index (χ1v) is 20.5. The monoisotopic (exact) mass is 790 g/mol. The van der Waals surface area contributed by atoms with Gasteiger partial charge in [0.15, 0.2) is 5.82 Å². The van der Waals surface area contributed by atoms with Gasteiger partial charge in [0.25, 0.3) is 0 Å². The van der Waals surface area contributed by atoms with Crippen LogP contribution in [0, 0.1) is 38.4 Å². The lowest BCUT2D eigenvalue weighted by Gasteiger charge is -2.37. The number of allylic oxidation sites excluding steroid dienone is 1. The van der Waals surface area contributed by atoms with Crippen molar-refractivity contribution < 1.29 is 4.39 Å². The fourth-order valence-corrected chi connectivity index (χ4v) is 7.78. The number of pyridine rings is 1. The van der Waals surface area contributed by atoms with Crippen LogP contribution in [0.4, 0.5) is 16.0 Å². The second kappa shape index (κ2) is 19.9. The molecule has 2 N–H and O–H groups in total. The number of aromatic nitrogens is 5. The second-order valence-electron chi connectivity index (χ2n) is 15.5. The summed E-state index contributed by atoms with van der Waals surface area (Å²) >= 11 is 0. The van der Waals surface area contributed by atoms with E-state index in [1.165, 1.54) is 0 Å². The Bertz CT molecular complexity index is 2190. The number of nitrogens with zero attached hydrogens (tertiary/aromatic N) is 9. The van der Waals surface area contributed by atoms with Gasteiger partial charge in [-0.15, -0.1) is 19.7 Å². The molecule has 0 aliphatic carbocycles. The number of hydrazine groups is 1. The quantitative estimate of drug-likeness (QED) is 0.0628. The molecule has 0 spiro atoms. The van der Waals surface area contributed by atoms with Crippen LogP contribution >= 0.6 is 0 Å². The fourth-order valence-electron chi connectivity index (χ4n) is 7.78. The molecule has 3 atom stereocenters. The molecule has 0 radical (unpaired) electrons. The van der Waals surface area contributed by atoms with Gasteiger partial charge in [0.2, 0.25) is 0 Å². The van der Waals surface area contributed by atoms with Gasteiger partial charge in [0.1, 0.15) is 29.0 Å². The van der Waals surface area contributed by atoms with E-state index in [2.05, 4.69) is 111 Å². The first-order valence-electron chi connectivity index (χ1n) is 20.5. The maximum absolute atomic E-state index is 15.7. The molecule has 2 aromatic carbocycles. The lowest BCUT2D eigenvalue weighted by Crippen LogP contribution is -2.49. The summed E-state index contributed by atoms with van der Waals surface area (Å²) in [4.78, 5) is 20.5. The van der Waals surface area contributed by atoms with Crippen LogP contribution < -0.4 is 15.8 Å². The standard InChI is InChI=1S/C44H60FN11.C2H4/c1-11-29(4)19-20-47-43(36-24-49-56(44(36)53(10)46-8)40-18-17-30(5)22-37(40)45)55-28-48-41-16-14-15-38(51-41)35-21-31(6)23-39-42(35)54(32(7)50-39)26-33(12-2)25-52(9)27-34(55)13-3;1-2/h11,14-18,21-24,29,33-34,46H,1,12-13,19-20,25-28H2,2-10H3,(H,48,51);1-2H2. The van der Waals surface area contributed by atoms with E-state index < -0.39 is 0 Å². The average Bonchev–Trinajstić information content (AvgIpc) is 3.79. The molecule has 3 aromatic heterocycles. The van der Waals surface area contributed by atoms with Gasteiger partial charge >= 0.3 is 0 Å². The van der Waals surface area contributed by atoms with E-state index in [0.29, 0.717) is 36.6 Å². The van der Waals surface area contributed by atoms with Crippen LogP contribution in [0.5, 0.6) is 0 Å². The van der Waals surface area contributed by atoms with Crippen LogP contribution in [-0.4, -0.2) is 93.4 Å². The number of aliphatic imine (C=N–C) groups is 1. The molecule has 310 valence electrons.